The van der Waals surface area contributed by atoms with E-state index < -0.39 is 38.8 Å². The normalized spacial score (nSPS) is 12.6. The van der Waals surface area contributed by atoms with E-state index >= 15 is 0 Å². The Kier molecular flexibility index (Phi) is 4.11. The molecule has 0 fully saturated rings. The van der Waals surface area contributed by atoms with E-state index in [0.29, 0.717) is 6.07 Å². The average molecular weight is 320 g/mol. The second-order valence-electron chi connectivity index (χ2n) is 4.28. The van der Waals surface area contributed by atoms with Crippen molar-refractivity contribution in [2.75, 3.05) is 0 Å². The summed E-state index contributed by atoms with van der Waals surface area (Å²) < 4.78 is 67.9. The van der Waals surface area contributed by atoms with Gasteiger partial charge in [-0.05, 0) is 24.3 Å². The highest BCUT2D eigenvalue weighted by molar-refractivity contribution is 7.90. The first kappa shape index (κ1) is 15.6. The van der Waals surface area contributed by atoms with Gasteiger partial charge >= 0.3 is 6.18 Å². The van der Waals surface area contributed by atoms with E-state index in [4.69, 9.17) is 9.52 Å². The van der Waals surface area contributed by atoms with Gasteiger partial charge in [0.05, 0.1) is 10.5 Å². The second kappa shape index (κ2) is 5.53. The molecule has 1 aromatic heterocycles. The van der Waals surface area contributed by atoms with Crippen LogP contribution in [0.1, 0.15) is 17.1 Å². The number of furan rings is 1. The van der Waals surface area contributed by atoms with E-state index in [9.17, 15) is 21.6 Å². The molecule has 0 bridgehead atoms. The number of alkyl halides is 3. The molecule has 1 aromatic carbocycles. The molecular formula is C13H11F3O4S. The smallest absolute Gasteiger partial charge is 0.417 e. The number of hydrogen-bond donors (Lipinski definition) is 1. The van der Waals surface area contributed by atoms with Crippen LogP contribution in [0, 0.1) is 0 Å². The zero-order chi connectivity index (χ0) is 15.7. The number of aliphatic hydroxyl groups is 1. The molecule has 8 heteroatoms. The lowest BCUT2D eigenvalue weighted by atomic mass is 10.2. The van der Waals surface area contributed by atoms with Crippen molar-refractivity contribution in [3.8, 4) is 0 Å². The van der Waals surface area contributed by atoms with Gasteiger partial charge < -0.3 is 9.52 Å². The van der Waals surface area contributed by atoms with E-state index in [1.165, 1.54) is 18.2 Å². The molecule has 0 aliphatic carbocycles. The van der Waals surface area contributed by atoms with Crippen LogP contribution in [0.15, 0.2) is 45.7 Å². The Labute approximate surface area is 118 Å². The molecular weight excluding hydrogens is 309 g/mol. The molecule has 21 heavy (non-hydrogen) atoms. The highest BCUT2D eigenvalue weighted by atomic mass is 32.2. The van der Waals surface area contributed by atoms with Crippen LogP contribution >= 0.6 is 0 Å². The minimum Gasteiger partial charge on any atom is -0.463 e. The molecule has 2 aromatic rings. The molecule has 0 aliphatic heterocycles. The van der Waals surface area contributed by atoms with Gasteiger partial charge in [0.15, 0.2) is 9.84 Å². The van der Waals surface area contributed by atoms with Gasteiger partial charge in [-0.25, -0.2) is 8.42 Å². The molecule has 0 aliphatic rings. The summed E-state index contributed by atoms with van der Waals surface area (Å²) in [5.41, 5.74) is -1.21. The highest BCUT2D eigenvalue weighted by Gasteiger charge is 2.37. The van der Waals surface area contributed by atoms with Gasteiger partial charge in [0.2, 0.25) is 0 Å². The number of benzene rings is 1. The molecule has 0 radical (unpaired) electrons. The Morgan fingerprint density at radius 1 is 1.05 bits per heavy atom. The molecule has 2 rings (SSSR count). The van der Waals surface area contributed by atoms with Gasteiger partial charge in [0, 0.05) is 0 Å². The Morgan fingerprint density at radius 3 is 2.24 bits per heavy atom. The Morgan fingerprint density at radius 2 is 1.67 bits per heavy atom. The molecule has 0 unspecified atom stereocenters. The van der Waals surface area contributed by atoms with E-state index in [1.807, 2.05) is 0 Å². The fourth-order valence-electron chi connectivity index (χ4n) is 1.82. The molecule has 0 amide bonds. The van der Waals surface area contributed by atoms with Crippen molar-refractivity contribution in [2.24, 2.45) is 0 Å². The predicted octanol–water partition coefficient (Wildman–Crippen LogP) is 2.76. The van der Waals surface area contributed by atoms with Gasteiger partial charge in [0.1, 0.15) is 23.9 Å². The maximum Gasteiger partial charge on any atom is 0.417 e. The first-order chi connectivity index (χ1) is 9.74. The van der Waals surface area contributed by atoms with Gasteiger partial charge in [-0.2, -0.15) is 13.2 Å². The summed E-state index contributed by atoms with van der Waals surface area (Å²) in [6, 6.07) is 6.64. The lowest BCUT2D eigenvalue weighted by Gasteiger charge is -2.12. The molecule has 114 valence electrons. The fourth-order valence-corrected chi connectivity index (χ4v) is 3.31. The van der Waals surface area contributed by atoms with Crippen LogP contribution < -0.4 is 0 Å². The van der Waals surface area contributed by atoms with E-state index in [0.717, 1.165) is 12.1 Å². The van der Waals surface area contributed by atoms with E-state index in [-0.39, 0.29) is 11.5 Å². The molecule has 4 nitrogen and oxygen atoms in total. The molecule has 0 spiro atoms. The van der Waals surface area contributed by atoms with Gasteiger partial charge in [-0.15, -0.1) is 0 Å². The van der Waals surface area contributed by atoms with Crippen LogP contribution in [0.5, 0.6) is 0 Å². The number of rotatable bonds is 4. The lowest BCUT2D eigenvalue weighted by Crippen LogP contribution is -2.14. The van der Waals surface area contributed by atoms with Crippen molar-refractivity contribution < 1.29 is 31.1 Å². The number of hydrogen-bond acceptors (Lipinski definition) is 4. The van der Waals surface area contributed by atoms with Crippen molar-refractivity contribution in [2.45, 2.75) is 23.4 Å². The van der Waals surface area contributed by atoms with Crippen LogP contribution in [-0.4, -0.2) is 13.5 Å². The van der Waals surface area contributed by atoms with Crippen molar-refractivity contribution in [3.05, 3.63) is 53.5 Å². The quantitative estimate of drug-likeness (QED) is 0.940. The molecule has 0 saturated heterocycles. The van der Waals surface area contributed by atoms with Crippen molar-refractivity contribution >= 4 is 9.84 Å². The molecule has 1 N–H and O–H groups in total. The number of sulfone groups is 1. The summed E-state index contributed by atoms with van der Waals surface area (Å²) in [6.45, 7) is -0.417. The number of halogens is 3. The summed E-state index contributed by atoms with van der Waals surface area (Å²) in [4.78, 5) is -0.792. The topological polar surface area (TPSA) is 67.5 Å². The van der Waals surface area contributed by atoms with Crippen LogP contribution in [0.3, 0.4) is 0 Å². The predicted molar refractivity (Wildman–Crippen MR) is 67.0 cm³/mol. The van der Waals surface area contributed by atoms with Crippen LogP contribution in [0.25, 0.3) is 0 Å². The van der Waals surface area contributed by atoms with Crippen LogP contribution in [0.4, 0.5) is 13.2 Å². The summed E-state index contributed by atoms with van der Waals surface area (Å²) in [6.07, 6.45) is -4.76. The molecule has 0 atom stereocenters. The second-order valence-corrected chi connectivity index (χ2v) is 6.24. The Balaban J connectivity index is 2.40. The Bertz CT molecular complexity index is 732. The third kappa shape index (κ3) is 3.45. The first-order valence-electron chi connectivity index (χ1n) is 5.81. The highest BCUT2D eigenvalue weighted by Crippen LogP contribution is 2.35. The third-order valence-electron chi connectivity index (χ3n) is 2.73. The number of aliphatic hydroxyl groups excluding tert-OH is 1. The monoisotopic (exact) mass is 320 g/mol. The van der Waals surface area contributed by atoms with Crippen molar-refractivity contribution in [3.63, 3.8) is 0 Å². The van der Waals surface area contributed by atoms with Crippen LogP contribution in [0.2, 0.25) is 0 Å². The van der Waals surface area contributed by atoms with Gasteiger partial charge in [-0.1, -0.05) is 12.1 Å². The Hall–Kier alpha value is -1.80. The fraction of sp³-hybridized carbons (Fsp3) is 0.231. The summed E-state index contributed by atoms with van der Waals surface area (Å²) in [7, 11) is -4.22. The zero-order valence-corrected chi connectivity index (χ0v) is 11.4. The van der Waals surface area contributed by atoms with Gasteiger partial charge in [0.25, 0.3) is 0 Å². The minimum atomic E-state index is -4.76. The standard InChI is InChI=1S/C13H11F3O4S/c14-13(15,16)11-3-1-2-4-12(11)21(18,19)8-10-6-5-9(7-17)20-10/h1-6,17H,7-8H2. The minimum absolute atomic E-state index is 0.0315. The van der Waals surface area contributed by atoms with E-state index in [1.54, 1.807) is 0 Å². The summed E-state index contributed by atoms with van der Waals surface area (Å²) in [5, 5.41) is 8.83. The van der Waals surface area contributed by atoms with E-state index in [2.05, 4.69) is 0 Å². The lowest BCUT2D eigenvalue weighted by molar-refractivity contribution is -0.139. The average Bonchev–Trinajstić information content (AvgIpc) is 2.85. The molecule has 0 saturated carbocycles. The van der Waals surface area contributed by atoms with Crippen molar-refractivity contribution in [1.82, 2.24) is 0 Å². The maximum atomic E-state index is 12.9. The first-order valence-corrected chi connectivity index (χ1v) is 7.46. The summed E-state index contributed by atoms with van der Waals surface area (Å²) >= 11 is 0. The maximum absolute atomic E-state index is 12.9. The van der Waals surface area contributed by atoms with Crippen LogP contribution in [-0.2, 0) is 28.4 Å². The third-order valence-corrected chi connectivity index (χ3v) is 4.42. The largest absolute Gasteiger partial charge is 0.463 e. The van der Waals surface area contributed by atoms with Gasteiger partial charge in [-0.3, -0.25) is 0 Å². The SMILES string of the molecule is O=S(=O)(Cc1ccc(CO)o1)c1ccccc1C(F)(F)F. The molecule has 1 heterocycles. The van der Waals surface area contributed by atoms with Crippen molar-refractivity contribution in [1.29, 1.82) is 0 Å². The summed E-state index contributed by atoms with van der Waals surface area (Å²) in [5.74, 6) is -0.597. The zero-order valence-electron chi connectivity index (χ0n) is 10.6.